The van der Waals surface area contributed by atoms with Crippen LogP contribution in [0.1, 0.15) is 19.4 Å². The molecule has 4 nitrogen and oxygen atoms in total. The minimum absolute atomic E-state index is 0.320. The molecule has 0 aliphatic rings. The van der Waals surface area contributed by atoms with Crippen molar-refractivity contribution in [3.05, 3.63) is 36.0 Å². The Balaban J connectivity index is 2.22. The molecule has 17 heavy (non-hydrogen) atoms. The smallest absolute Gasteiger partial charge is 0.229 e. The number of anilines is 1. The van der Waals surface area contributed by atoms with Gasteiger partial charge >= 0.3 is 0 Å². The zero-order valence-electron chi connectivity index (χ0n) is 9.97. The average molecular weight is 232 g/mol. The molecule has 90 valence electrons. The van der Waals surface area contributed by atoms with Gasteiger partial charge in [-0.15, -0.1) is 0 Å². The van der Waals surface area contributed by atoms with Crippen molar-refractivity contribution >= 4 is 5.88 Å². The van der Waals surface area contributed by atoms with E-state index in [0.29, 0.717) is 12.3 Å². The summed E-state index contributed by atoms with van der Waals surface area (Å²) in [5.74, 6) is 0.320. The van der Waals surface area contributed by atoms with Gasteiger partial charge in [0.05, 0.1) is 17.4 Å². The Kier molecular flexibility index (Phi) is 2.90. The largest absolute Gasteiger partial charge is 0.390 e. The first-order valence-electron chi connectivity index (χ1n) is 5.47. The fourth-order valence-corrected chi connectivity index (χ4v) is 1.77. The molecule has 0 aliphatic carbocycles. The molecule has 0 bridgehead atoms. The first-order valence-corrected chi connectivity index (χ1v) is 5.47. The van der Waals surface area contributed by atoms with E-state index < -0.39 is 5.60 Å². The fourth-order valence-electron chi connectivity index (χ4n) is 1.77. The Morgan fingerprint density at radius 3 is 2.41 bits per heavy atom. The van der Waals surface area contributed by atoms with Crippen molar-refractivity contribution in [2.75, 3.05) is 5.73 Å². The lowest BCUT2D eigenvalue weighted by molar-refractivity contribution is 0.0810. The third-order valence-electron chi connectivity index (χ3n) is 2.50. The second-order valence-electron chi connectivity index (χ2n) is 4.79. The molecular weight excluding hydrogens is 216 g/mol. The number of nitrogens with zero attached hydrogens (tertiary/aromatic N) is 1. The summed E-state index contributed by atoms with van der Waals surface area (Å²) >= 11 is 0. The topological polar surface area (TPSA) is 72.3 Å². The maximum Gasteiger partial charge on any atom is 0.229 e. The van der Waals surface area contributed by atoms with Crippen LogP contribution in [0.25, 0.3) is 11.1 Å². The van der Waals surface area contributed by atoms with Crippen molar-refractivity contribution in [2.45, 2.75) is 25.9 Å². The van der Waals surface area contributed by atoms with E-state index in [4.69, 9.17) is 10.3 Å². The van der Waals surface area contributed by atoms with Crippen molar-refractivity contribution in [3.8, 4) is 11.1 Å². The number of hydrogen-bond donors (Lipinski definition) is 2. The van der Waals surface area contributed by atoms with Gasteiger partial charge in [0, 0.05) is 6.42 Å². The van der Waals surface area contributed by atoms with Crippen LogP contribution in [-0.2, 0) is 6.42 Å². The lowest BCUT2D eigenvalue weighted by Crippen LogP contribution is -2.21. The monoisotopic (exact) mass is 232 g/mol. The third-order valence-corrected chi connectivity index (χ3v) is 2.50. The molecule has 0 radical (unpaired) electrons. The Morgan fingerprint density at radius 1 is 1.29 bits per heavy atom. The summed E-state index contributed by atoms with van der Waals surface area (Å²) in [5.41, 5.74) is 7.78. The standard InChI is InChI=1S/C13H16N2O2/c1-13(2,16)7-9-3-5-10(6-4-9)11-8-15-17-12(11)14/h3-6,8,16H,7,14H2,1-2H3. The third kappa shape index (κ3) is 2.85. The van der Waals surface area contributed by atoms with Gasteiger partial charge in [-0.2, -0.15) is 0 Å². The molecule has 0 atom stereocenters. The lowest BCUT2D eigenvalue weighted by atomic mass is 9.97. The van der Waals surface area contributed by atoms with Gasteiger partial charge in [0.1, 0.15) is 0 Å². The Labute approximate surface area is 100 Å². The molecule has 2 rings (SSSR count). The fraction of sp³-hybridized carbons (Fsp3) is 0.308. The van der Waals surface area contributed by atoms with E-state index >= 15 is 0 Å². The van der Waals surface area contributed by atoms with E-state index in [1.165, 1.54) is 0 Å². The molecule has 1 aromatic carbocycles. The summed E-state index contributed by atoms with van der Waals surface area (Å²) < 4.78 is 4.82. The molecule has 0 saturated heterocycles. The summed E-state index contributed by atoms with van der Waals surface area (Å²) in [5, 5.41) is 13.4. The number of benzene rings is 1. The first-order chi connectivity index (χ1) is 7.96. The van der Waals surface area contributed by atoms with Crippen molar-refractivity contribution in [1.29, 1.82) is 0 Å². The minimum Gasteiger partial charge on any atom is -0.390 e. The number of nitrogens with two attached hydrogens (primary N) is 1. The van der Waals surface area contributed by atoms with Gasteiger partial charge < -0.3 is 15.4 Å². The van der Waals surface area contributed by atoms with E-state index in [1.54, 1.807) is 20.0 Å². The van der Waals surface area contributed by atoms with Crippen molar-refractivity contribution in [3.63, 3.8) is 0 Å². The van der Waals surface area contributed by atoms with E-state index in [0.717, 1.165) is 16.7 Å². The molecule has 0 aliphatic heterocycles. The highest BCUT2D eigenvalue weighted by atomic mass is 16.5. The van der Waals surface area contributed by atoms with Gasteiger partial charge in [0.15, 0.2) is 0 Å². The van der Waals surface area contributed by atoms with Crippen LogP contribution in [0.15, 0.2) is 35.0 Å². The van der Waals surface area contributed by atoms with Crippen LogP contribution in [0.5, 0.6) is 0 Å². The van der Waals surface area contributed by atoms with Crippen LogP contribution in [0, 0.1) is 0 Å². The highest BCUT2D eigenvalue weighted by Gasteiger charge is 2.13. The van der Waals surface area contributed by atoms with Crippen molar-refractivity contribution < 1.29 is 9.63 Å². The van der Waals surface area contributed by atoms with Gasteiger partial charge in [-0.1, -0.05) is 29.4 Å². The lowest BCUT2D eigenvalue weighted by Gasteiger charge is -2.16. The highest BCUT2D eigenvalue weighted by molar-refractivity contribution is 5.71. The molecule has 0 spiro atoms. The number of aromatic nitrogens is 1. The second-order valence-corrected chi connectivity index (χ2v) is 4.79. The normalized spacial score (nSPS) is 11.7. The van der Waals surface area contributed by atoms with E-state index in [2.05, 4.69) is 5.16 Å². The SMILES string of the molecule is CC(C)(O)Cc1ccc(-c2cnoc2N)cc1. The van der Waals surface area contributed by atoms with E-state index in [9.17, 15) is 5.11 Å². The molecule has 1 heterocycles. The maximum atomic E-state index is 9.72. The zero-order chi connectivity index (χ0) is 12.5. The molecule has 2 aromatic rings. The summed E-state index contributed by atoms with van der Waals surface area (Å²) in [7, 11) is 0. The number of hydrogen-bond acceptors (Lipinski definition) is 4. The second kappa shape index (κ2) is 4.22. The summed E-state index contributed by atoms with van der Waals surface area (Å²) in [6.07, 6.45) is 2.21. The van der Waals surface area contributed by atoms with Crippen LogP contribution in [0.2, 0.25) is 0 Å². The molecular formula is C13H16N2O2. The van der Waals surface area contributed by atoms with Gasteiger partial charge in [0.25, 0.3) is 0 Å². The predicted molar refractivity (Wildman–Crippen MR) is 66.4 cm³/mol. The van der Waals surface area contributed by atoms with Gasteiger partial charge in [0.2, 0.25) is 5.88 Å². The summed E-state index contributed by atoms with van der Waals surface area (Å²) in [6, 6.07) is 7.84. The van der Waals surface area contributed by atoms with Crippen molar-refractivity contribution in [1.82, 2.24) is 5.16 Å². The Hall–Kier alpha value is -1.81. The number of aliphatic hydroxyl groups is 1. The molecule has 1 aromatic heterocycles. The average Bonchev–Trinajstić information content (AvgIpc) is 2.63. The zero-order valence-corrected chi connectivity index (χ0v) is 9.97. The minimum atomic E-state index is -0.697. The van der Waals surface area contributed by atoms with E-state index in [1.807, 2.05) is 24.3 Å². The van der Waals surface area contributed by atoms with Crippen LogP contribution in [-0.4, -0.2) is 15.9 Å². The molecule has 0 unspecified atom stereocenters. The summed E-state index contributed by atoms with van der Waals surface area (Å²) in [6.45, 7) is 3.58. The van der Waals surface area contributed by atoms with Crippen LogP contribution in [0.4, 0.5) is 5.88 Å². The Bertz CT molecular complexity index is 495. The quantitative estimate of drug-likeness (QED) is 0.851. The maximum absolute atomic E-state index is 9.72. The molecule has 0 saturated carbocycles. The van der Waals surface area contributed by atoms with Crippen LogP contribution < -0.4 is 5.73 Å². The predicted octanol–water partition coefficient (Wildman–Crippen LogP) is 2.24. The summed E-state index contributed by atoms with van der Waals surface area (Å²) in [4.78, 5) is 0. The highest BCUT2D eigenvalue weighted by Crippen LogP contribution is 2.26. The molecule has 4 heteroatoms. The van der Waals surface area contributed by atoms with Gasteiger partial charge in [-0.25, -0.2) is 0 Å². The number of rotatable bonds is 3. The Morgan fingerprint density at radius 2 is 1.94 bits per heavy atom. The molecule has 3 N–H and O–H groups in total. The number of nitrogen functional groups attached to an aromatic ring is 1. The van der Waals surface area contributed by atoms with Crippen LogP contribution >= 0.6 is 0 Å². The van der Waals surface area contributed by atoms with Gasteiger partial charge in [-0.3, -0.25) is 0 Å². The van der Waals surface area contributed by atoms with E-state index in [-0.39, 0.29) is 0 Å². The molecule has 0 fully saturated rings. The van der Waals surface area contributed by atoms with Crippen LogP contribution in [0.3, 0.4) is 0 Å². The van der Waals surface area contributed by atoms with Crippen molar-refractivity contribution in [2.24, 2.45) is 0 Å². The first kappa shape index (κ1) is 11.7. The molecule has 0 amide bonds. The van der Waals surface area contributed by atoms with Gasteiger partial charge in [-0.05, 0) is 25.0 Å².